The zero-order valence-corrected chi connectivity index (χ0v) is 21.2. The Kier molecular flexibility index (Phi) is 5.59. The standard InChI is InChI=1S/C26H24F3N9O/c1-14-9-10-37-21(14)25(39)38(16-7-5-4-6-8-16)24(35-37)15(2)33-23-20-17(12-30-22(20)31-13-32-23)18-11-19(26(27,28)29)34-36(18)3/h4-13,15,24,35H,1-3H3,(H2,30,31,32,33)/t15-,24?/m0/s1. The molecule has 0 radical (unpaired) electrons. The van der Waals surface area contributed by atoms with Crippen LogP contribution in [0.25, 0.3) is 22.3 Å². The number of nitrogens with one attached hydrogen (secondary N) is 3. The molecule has 0 fully saturated rings. The molecular formula is C26H24F3N9O. The van der Waals surface area contributed by atoms with Gasteiger partial charge in [-0.15, -0.1) is 0 Å². The van der Waals surface area contributed by atoms with Crippen LogP contribution in [0.5, 0.6) is 0 Å². The number of hydrogen-bond acceptors (Lipinski definition) is 6. The number of nitrogens with zero attached hydrogens (tertiary/aromatic N) is 6. The maximum atomic E-state index is 13.7. The summed E-state index contributed by atoms with van der Waals surface area (Å²) in [5.74, 6) is 0.237. The van der Waals surface area contributed by atoms with E-state index in [4.69, 9.17) is 0 Å². The lowest BCUT2D eigenvalue weighted by atomic mass is 10.1. The second kappa shape index (κ2) is 8.89. The van der Waals surface area contributed by atoms with Gasteiger partial charge in [-0.25, -0.2) is 9.97 Å². The van der Waals surface area contributed by atoms with E-state index in [-0.39, 0.29) is 11.6 Å². The summed E-state index contributed by atoms with van der Waals surface area (Å²) in [5.41, 5.74) is 5.67. The van der Waals surface area contributed by atoms with Gasteiger partial charge in [0.05, 0.1) is 17.1 Å². The Balaban J connectivity index is 1.40. The number of hydrogen-bond donors (Lipinski definition) is 3. The molecule has 2 atom stereocenters. The van der Waals surface area contributed by atoms with Crippen LogP contribution in [0.4, 0.5) is 24.7 Å². The molecule has 1 unspecified atom stereocenters. The highest BCUT2D eigenvalue weighted by Gasteiger charge is 2.38. The van der Waals surface area contributed by atoms with Gasteiger partial charge in [0.1, 0.15) is 29.7 Å². The molecule has 0 saturated carbocycles. The van der Waals surface area contributed by atoms with Crippen LogP contribution in [0.1, 0.15) is 28.7 Å². The predicted octanol–water partition coefficient (Wildman–Crippen LogP) is 4.52. The van der Waals surface area contributed by atoms with E-state index in [0.717, 1.165) is 11.6 Å². The summed E-state index contributed by atoms with van der Waals surface area (Å²) in [7, 11) is 1.45. The fourth-order valence-corrected chi connectivity index (χ4v) is 4.98. The second-order valence-electron chi connectivity index (χ2n) is 9.42. The van der Waals surface area contributed by atoms with Gasteiger partial charge in [-0.2, -0.15) is 18.3 Å². The van der Waals surface area contributed by atoms with Gasteiger partial charge in [0.15, 0.2) is 5.69 Å². The van der Waals surface area contributed by atoms with E-state index < -0.39 is 24.1 Å². The van der Waals surface area contributed by atoms with Crippen molar-refractivity contribution in [2.75, 3.05) is 15.6 Å². The Hall–Kier alpha value is -4.81. The Labute approximate surface area is 220 Å². The number of rotatable bonds is 5. The van der Waals surface area contributed by atoms with Gasteiger partial charge in [0, 0.05) is 30.7 Å². The smallest absolute Gasteiger partial charge is 0.363 e. The largest absolute Gasteiger partial charge is 0.435 e. The number of aryl methyl sites for hydroxylation is 2. The number of anilines is 2. The minimum absolute atomic E-state index is 0.161. The summed E-state index contributed by atoms with van der Waals surface area (Å²) in [6.07, 6.45) is -0.369. The van der Waals surface area contributed by atoms with Crippen molar-refractivity contribution in [3.8, 4) is 11.3 Å². The number of carbonyl (C=O) groups excluding carboxylic acids is 1. The van der Waals surface area contributed by atoms with Crippen LogP contribution >= 0.6 is 0 Å². The maximum absolute atomic E-state index is 13.7. The Bertz CT molecular complexity index is 1690. The Morgan fingerprint density at radius 3 is 2.62 bits per heavy atom. The van der Waals surface area contributed by atoms with Gasteiger partial charge >= 0.3 is 6.18 Å². The summed E-state index contributed by atoms with van der Waals surface area (Å²) >= 11 is 0. The molecule has 3 N–H and O–H groups in total. The van der Waals surface area contributed by atoms with Crippen LogP contribution in [0.15, 0.2) is 61.2 Å². The average molecular weight is 536 g/mol. The van der Waals surface area contributed by atoms with E-state index in [1.165, 1.54) is 18.1 Å². The van der Waals surface area contributed by atoms with Gasteiger partial charge in [0.2, 0.25) is 0 Å². The highest BCUT2D eigenvalue weighted by molar-refractivity contribution is 6.08. The SMILES string of the molecule is Cc1ccn2c1C(=O)N(c1ccccc1)C([C@H](C)Nc1ncnc3[nH]cc(-c4cc(C(F)(F)F)nn4C)c13)N2. The molecule has 0 saturated heterocycles. The number of benzene rings is 1. The van der Waals surface area contributed by atoms with Gasteiger partial charge in [-0.1, -0.05) is 18.2 Å². The van der Waals surface area contributed by atoms with Crippen molar-refractivity contribution in [1.29, 1.82) is 0 Å². The van der Waals surface area contributed by atoms with Crippen LogP contribution in [0, 0.1) is 6.92 Å². The molecule has 1 amide bonds. The van der Waals surface area contributed by atoms with Crippen LogP contribution in [-0.4, -0.2) is 47.5 Å². The number of para-hydroxylation sites is 1. The zero-order valence-electron chi connectivity index (χ0n) is 21.2. The first-order chi connectivity index (χ1) is 18.6. The monoisotopic (exact) mass is 535 g/mol. The molecule has 0 spiro atoms. The van der Waals surface area contributed by atoms with Gasteiger partial charge in [0.25, 0.3) is 5.91 Å². The van der Waals surface area contributed by atoms with Crippen molar-refractivity contribution in [3.63, 3.8) is 0 Å². The Morgan fingerprint density at radius 2 is 1.90 bits per heavy atom. The van der Waals surface area contributed by atoms with E-state index in [0.29, 0.717) is 33.8 Å². The number of aromatic amines is 1. The van der Waals surface area contributed by atoms with Crippen molar-refractivity contribution in [2.24, 2.45) is 7.05 Å². The van der Waals surface area contributed by atoms with Gasteiger partial charge < -0.3 is 15.7 Å². The fourth-order valence-electron chi connectivity index (χ4n) is 4.98. The number of aromatic nitrogens is 6. The molecule has 0 bridgehead atoms. The van der Waals surface area contributed by atoms with Gasteiger partial charge in [-0.3, -0.25) is 19.1 Å². The molecule has 4 aromatic heterocycles. The van der Waals surface area contributed by atoms with Crippen LogP contribution in [0.2, 0.25) is 0 Å². The number of fused-ring (bicyclic) bond motifs is 2. The molecular weight excluding hydrogens is 511 g/mol. The number of H-pyrrole nitrogens is 1. The summed E-state index contributed by atoms with van der Waals surface area (Å²) < 4.78 is 42.9. The van der Waals surface area contributed by atoms with Crippen molar-refractivity contribution >= 4 is 28.4 Å². The Morgan fingerprint density at radius 1 is 1.13 bits per heavy atom. The fraction of sp³-hybridized carbons (Fsp3) is 0.231. The summed E-state index contributed by atoms with van der Waals surface area (Å²) in [5, 5.41) is 7.52. The van der Waals surface area contributed by atoms with Crippen molar-refractivity contribution in [2.45, 2.75) is 32.2 Å². The molecule has 5 heterocycles. The molecule has 1 aliphatic heterocycles. The van der Waals surface area contributed by atoms with E-state index >= 15 is 0 Å². The lowest BCUT2D eigenvalue weighted by molar-refractivity contribution is -0.141. The highest BCUT2D eigenvalue weighted by atomic mass is 19.4. The predicted molar refractivity (Wildman–Crippen MR) is 140 cm³/mol. The third-order valence-electron chi connectivity index (χ3n) is 6.85. The maximum Gasteiger partial charge on any atom is 0.435 e. The summed E-state index contributed by atoms with van der Waals surface area (Å²) in [6, 6.07) is 11.8. The first-order valence-corrected chi connectivity index (χ1v) is 12.2. The van der Waals surface area contributed by atoms with Crippen LogP contribution < -0.4 is 15.6 Å². The first-order valence-electron chi connectivity index (χ1n) is 12.2. The minimum atomic E-state index is -4.58. The number of carbonyl (C=O) groups is 1. The van der Waals surface area contributed by atoms with Crippen molar-refractivity contribution in [1.82, 2.24) is 29.4 Å². The zero-order chi connectivity index (χ0) is 27.5. The normalized spacial score (nSPS) is 16.3. The molecule has 1 aromatic carbocycles. The molecule has 5 aromatic rings. The average Bonchev–Trinajstić information content (AvgIpc) is 3.61. The summed E-state index contributed by atoms with van der Waals surface area (Å²) in [4.78, 5) is 27.1. The molecule has 13 heteroatoms. The van der Waals surface area contributed by atoms with E-state index in [1.54, 1.807) is 22.0 Å². The highest BCUT2D eigenvalue weighted by Crippen LogP contribution is 2.36. The molecule has 39 heavy (non-hydrogen) atoms. The van der Waals surface area contributed by atoms with Crippen molar-refractivity contribution in [3.05, 3.63) is 78.1 Å². The second-order valence-corrected chi connectivity index (χ2v) is 9.42. The van der Waals surface area contributed by atoms with Crippen LogP contribution in [-0.2, 0) is 13.2 Å². The first kappa shape index (κ1) is 24.5. The lowest BCUT2D eigenvalue weighted by Gasteiger charge is -2.41. The lowest BCUT2D eigenvalue weighted by Crippen LogP contribution is -2.59. The van der Waals surface area contributed by atoms with E-state index in [9.17, 15) is 18.0 Å². The quantitative estimate of drug-likeness (QED) is 0.306. The molecule has 200 valence electrons. The third-order valence-corrected chi connectivity index (χ3v) is 6.85. The third kappa shape index (κ3) is 4.06. The van der Waals surface area contributed by atoms with Crippen LogP contribution in [0.3, 0.4) is 0 Å². The van der Waals surface area contributed by atoms with E-state index in [1.807, 2.05) is 50.2 Å². The van der Waals surface area contributed by atoms with Gasteiger partial charge in [-0.05, 0) is 43.7 Å². The number of halogens is 3. The minimum Gasteiger partial charge on any atom is -0.363 e. The molecule has 10 nitrogen and oxygen atoms in total. The van der Waals surface area contributed by atoms with Crippen molar-refractivity contribution < 1.29 is 18.0 Å². The van der Waals surface area contributed by atoms with E-state index in [2.05, 4.69) is 30.8 Å². The number of amides is 1. The topological polar surface area (TPSA) is 109 Å². The number of alkyl halides is 3. The summed E-state index contributed by atoms with van der Waals surface area (Å²) in [6.45, 7) is 3.78. The molecule has 0 aliphatic carbocycles. The molecule has 6 rings (SSSR count). The molecule has 1 aliphatic rings.